The number of carbonyl (C=O) groups excluding carboxylic acids is 2. The minimum atomic E-state index is -1.28. The molecular formula is C12H12N2O6S. The average molecular weight is 312 g/mol. The molecule has 1 unspecified atom stereocenters. The van der Waals surface area contributed by atoms with Crippen molar-refractivity contribution in [1.29, 1.82) is 0 Å². The lowest BCUT2D eigenvalue weighted by atomic mass is 10.1. The molecule has 0 saturated carbocycles. The third kappa shape index (κ3) is 2.09. The summed E-state index contributed by atoms with van der Waals surface area (Å²) in [6.45, 7) is 1.57. The number of nitrogens with zero attached hydrogens (tertiary/aromatic N) is 1. The first-order valence-corrected chi connectivity index (χ1v) is 7.18. The number of amides is 1. The van der Waals surface area contributed by atoms with Gasteiger partial charge in [-0.3, -0.25) is 9.69 Å². The fourth-order valence-corrected chi connectivity index (χ4v) is 3.49. The number of esters is 1. The maximum atomic E-state index is 11.7. The molecule has 3 aliphatic rings. The predicted octanol–water partition coefficient (Wildman–Crippen LogP) is -0.629. The highest BCUT2D eigenvalue weighted by Gasteiger charge is 2.52. The quantitative estimate of drug-likeness (QED) is 0.522. The summed E-state index contributed by atoms with van der Waals surface area (Å²) in [7, 11) is 0. The molecule has 1 fully saturated rings. The lowest BCUT2D eigenvalue weighted by molar-refractivity contribution is -0.156. The van der Waals surface area contributed by atoms with Gasteiger partial charge in [-0.25, -0.2) is 9.59 Å². The number of β-lactam (4-membered cyclic amide) rings is 1. The highest BCUT2D eigenvalue weighted by atomic mass is 32.2. The number of nitrogens with two attached hydrogens (primary N) is 1. The van der Waals surface area contributed by atoms with Crippen LogP contribution in [0.4, 0.5) is 0 Å². The molecule has 0 aromatic carbocycles. The third-order valence-electron chi connectivity index (χ3n) is 3.37. The van der Waals surface area contributed by atoms with Crippen LogP contribution in [0.3, 0.4) is 0 Å². The van der Waals surface area contributed by atoms with Crippen LogP contribution >= 0.6 is 11.8 Å². The molecule has 0 radical (unpaired) electrons. The van der Waals surface area contributed by atoms with Gasteiger partial charge in [0, 0.05) is 11.6 Å². The van der Waals surface area contributed by atoms with E-state index in [0.717, 1.165) is 4.90 Å². The Balaban J connectivity index is 1.87. The van der Waals surface area contributed by atoms with Crippen molar-refractivity contribution in [3.8, 4) is 0 Å². The highest BCUT2D eigenvalue weighted by molar-refractivity contribution is 8.00. The van der Waals surface area contributed by atoms with Gasteiger partial charge >= 0.3 is 11.9 Å². The number of hydrogen-bond donors (Lipinski definition) is 2. The Labute approximate surface area is 123 Å². The molecule has 3 rings (SSSR count). The van der Waals surface area contributed by atoms with Gasteiger partial charge in [0.25, 0.3) is 6.29 Å². The molecule has 0 spiro atoms. The van der Waals surface area contributed by atoms with Gasteiger partial charge in [0.05, 0.1) is 5.75 Å². The Bertz CT molecular complexity index is 613. The molecular weight excluding hydrogens is 300 g/mol. The molecule has 112 valence electrons. The zero-order valence-corrected chi connectivity index (χ0v) is 11.8. The van der Waals surface area contributed by atoms with Crippen molar-refractivity contribution in [1.82, 2.24) is 4.90 Å². The monoisotopic (exact) mass is 312 g/mol. The molecule has 3 aliphatic heterocycles. The number of carbonyl (C=O) groups is 3. The smallest absolute Gasteiger partial charge is 0.356 e. The highest BCUT2D eigenvalue weighted by Crippen LogP contribution is 2.40. The van der Waals surface area contributed by atoms with E-state index in [-0.39, 0.29) is 22.6 Å². The Morgan fingerprint density at radius 2 is 2.29 bits per heavy atom. The van der Waals surface area contributed by atoms with E-state index in [0.29, 0.717) is 5.57 Å². The van der Waals surface area contributed by atoms with Crippen LogP contribution in [-0.2, 0) is 23.9 Å². The Morgan fingerprint density at radius 3 is 2.86 bits per heavy atom. The summed E-state index contributed by atoms with van der Waals surface area (Å²) < 4.78 is 10.3. The Morgan fingerprint density at radius 1 is 1.57 bits per heavy atom. The van der Waals surface area contributed by atoms with E-state index in [1.165, 1.54) is 17.8 Å². The van der Waals surface area contributed by atoms with Crippen LogP contribution in [-0.4, -0.2) is 51.3 Å². The zero-order chi connectivity index (χ0) is 15.3. The maximum Gasteiger partial charge on any atom is 0.356 e. The van der Waals surface area contributed by atoms with Gasteiger partial charge < -0.3 is 20.3 Å². The molecule has 3 heterocycles. The van der Waals surface area contributed by atoms with Gasteiger partial charge in [0.15, 0.2) is 5.70 Å². The first-order valence-electron chi connectivity index (χ1n) is 6.13. The van der Waals surface area contributed by atoms with E-state index >= 15 is 0 Å². The van der Waals surface area contributed by atoms with Gasteiger partial charge in [-0.1, -0.05) is 0 Å². The molecule has 0 aromatic rings. The largest absolute Gasteiger partial charge is 0.476 e. The van der Waals surface area contributed by atoms with Crippen LogP contribution < -0.4 is 5.73 Å². The molecule has 0 bridgehead atoms. The fraction of sp³-hybridized carbons (Fsp3) is 0.417. The van der Waals surface area contributed by atoms with Gasteiger partial charge in [-0.05, 0) is 6.92 Å². The first-order chi connectivity index (χ1) is 9.90. The maximum absolute atomic E-state index is 11.7. The predicted molar refractivity (Wildman–Crippen MR) is 70.5 cm³/mol. The lowest BCUT2D eigenvalue weighted by Crippen LogP contribution is -2.68. The Hall–Kier alpha value is -2.00. The molecule has 21 heavy (non-hydrogen) atoms. The van der Waals surface area contributed by atoms with Crippen LogP contribution in [0.5, 0.6) is 0 Å². The lowest BCUT2D eigenvalue weighted by Gasteiger charge is -2.47. The van der Waals surface area contributed by atoms with Crippen LogP contribution in [0.15, 0.2) is 23.1 Å². The molecule has 9 heteroatoms. The molecule has 3 atom stereocenters. The standard InChI is InChI=1S/C12H12N2O6S/c1-4-2-6(20-12(4)18)19-5-3-21-10-7(13)9(15)14(10)8(5)11(16)17/h2,6-7,10H,3,13H2,1H3,(H,16,17)/t6?,7-,10-/m1/s1. The Kier molecular flexibility index (Phi) is 3.18. The van der Waals surface area contributed by atoms with Crippen molar-refractivity contribution in [3.63, 3.8) is 0 Å². The van der Waals surface area contributed by atoms with E-state index in [1.807, 2.05) is 0 Å². The van der Waals surface area contributed by atoms with E-state index in [9.17, 15) is 19.5 Å². The third-order valence-corrected chi connectivity index (χ3v) is 4.64. The molecule has 1 saturated heterocycles. The van der Waals surface area contributed by atoms with Gasteiger partial charge in [0.1, 0.15) is 17.2 Å². The molecule has 0 aromatic heterocycles. The van der Waals surface area contributed by atoms with Crippen molar-refractivity contribution in [3.05, 3.63) is 23.1 Å². The number of fused-ring (bicyclic) bond motifs is 1. The van der Waals surface area contributed by atoms with Gasteiger partial charge in [-0.2, -0.15) is 0 Å². The summed E-state index contributed by atoms with van der Waals surface area (Å²) in [5, 5.41) is 8.92. The topological polar surface area (TPSA) is 119 Å². The van der Waals surface area contributed by atoms with Crippen molar-refractivity contribution >= 4 is 29.6 Å². The van der Waals surface area contributed by atoms with Crippen LogP contribution in [0.2, 0.25) is 0 Å². The summed E-state index contributed by atoms with van der Waals surface area (Å²) in [5.74, 6) is -1.92. The van der Waals surface area contributed by atoms with Crippen molar-refractivity contribution in [2.24, 2.45) is 5.73 Å². The molecule has 0 aliphatic carbocycles. The van der Waals surface area contributed by atoms with E-state index in [2.05, 4.69) is 0 Å². The number of hydrogen-bond acceptors (Lipinski definition) is 7. The SMILES string of the molecule is CC1=CC(OC2=C(C(=O)O)N3C(=O)[C@@H](N)[C@H]3SC2)OC1=O. The number of thioether (sulfide) groups is 1. The molecule has 8 nitrogen and oxygen atoms in total. The van der Waals surface area contributed by atoms with Gasteiger partial charge in [-0.15, -0.1) is 11.8 Å². The summed E-state index contributed by atoms with van der Waals surface area (Å²) in [5.41, 5.74) is 5.79. The number of carboxylic acid groups (broad SMARTS) is 1. The first kappa shape index (κ1) is 14.0. The number of carboxylic acids is 1. The number of ether oxygens (including phenoxy) is 2. The zero-order valence-electron chi connectivity index (χ0n) is 10.9. The van der Waals surface area contributed by atoms with E-state index < -0.39 is 30.2 Å². The summed E-state index contributed by atoms with van der Waals surface area (Å²) in [6, 6.07) is -0.697. The van der Waals surface area contributed by atoms with Crippen molar-refractivity contribution in [2.45, 2.75) is 24.6 Å². The van der Waals surface area contributed by atoms with Crippen LogP contribution in [0.25, 0.3) is 0 Å². The van der Waals surface area contributed by atoms with Gasteiger partial charge in [0.2, 0.25) is 5.91 Å². The normalized spacial score (nSPS) is 31.4. The van der Waals surface area contributed by atoms with Crippen molar-refractivity contribution < 1.29 is 29.0 Å². The second kappa shape index (κ2) is 4.78. The number of rotatable bonds is 3. The molecule has 1 amide bonds. The molecule has 3 N–H and O–H groups in total. The summed E-state index contributed by atoms with van der Waals surface area (Å²) >= 11 is 1.31. The van der Waals surface area contributed by atoms with Crippen LogP contribution in [0.1, 0.15) is 6.92 Å². The summed E-state index contributed by atoms with van der Waals surface area (Å²) in [6.07, 6.45) is 0.485. The minimum absolute atomic E-state index is 0.0905. The van der Waals surface area contributed by atoms with Crippen LogP contribution in [0, 0.1) is 0 Å². The second-order valence-electron chi connectivity index (χ2n) is 4.75. The van der Waals surface area contributed by atoms with Crippen molar-refractivity contribution in [2.75, 3.05) is 5.75 Å². The summed E-state index contributed by atoms with van der Waals surface area (Å²) in [4.78, 5) is 35.5. The fourth-order valence-electron chi connectivity index (χ4n) is 2.28. The minimum Gasteiger partial charge on any atom is -0.476 e. The second-order valence-corrected chi connectivity index (χ2v) is 5.86. The average Bonchev–Trinajstić information content (AvgIpc) is 2.75. The number of cyclic esters (lactones) is 1. The van der Waals surface area contributed by atoms with E-state index in [1.54, 1.807) is 6.92 Å². The van der Waals surface area contributed by atoms with E-state index in [4.69, 9.17) is 15.2 Å². The number of aliphatic carboxylic acids is 1.